The lowest BCUT2D eigenvalue weighted by Crippen LogP contribution is -2.19. The molecule has 0 spiro atoms. The van der Waals surface area contributed by atoms with Crippen LogP contribution in [0.15, 0.2) is 6.20 Å². The Bertz CT molecular complexity index is 454. The van der Waals surface area contributed by atoms with Crippen LogP contribution >= 0.6 is 11.6 Å². The van der Waals surface area contributed by atoms with Gasteiger partial charge in [0.25, 0.3) is 0 Å². The highest BCUT2D eigenvalue weighted by molar-refractivity contribution is 6.17. The maximum Gasteiger partial charge on any atom is 0.573 e. The Morgan fingerprint density at radius 3 is 2.59 bits per heavy atom. The van der Waals surface area contributed by atoms with Crippen molar-refractivity contribution in [1.82, 2.24) is 4.98 Å². The molecule has 92 valence electrons. The number of rotatable bonds is 3. The number of hydrogen-bond donors (Lipinski definition) is 0. The molecule has 0 aliphatic rings. The van der Waals surface area contributed by atoms with E-state index in [1.807, 2.05) is 0 Å². The van der Waals surface area contributed by atoms with Gasteiger partial charge >= 0.3 is 6.36 Å². The van der Waals surface area contributed by atoms with Gasteiger partial charge in [-0.15, -0.1) is 24.8 Å². The maximum absolute atomic E-state index is 12.1. The molecule has 0 radical (unpaired) electrons. The summed E-state index contributed by atoms with van der Waals surface area (Å²) in [7, 11) is 0. The molecule has 0 saturated carbocycles. The van der Waals surface area contributed by atoms with Crippen LogP contribution in [0.25, 0.3) is 0 Å². The third-order valence-corrected chi connectivity index (χ3v) is 2.36. The van der Waals surface area contributed by atoms with Crippen LogP contribution in [0, 0.1) is 18.3 Å². The van der Waals surface area contributed by atoms with E-state index in [1.54, 1.807) is 13.0 Å². The van der Waals surface area contributed by atoms with Gasteiger partial charge in [0.15, 0.2) is 5.75 Å². The Labute approximate surface area is 101 Å². The molecule has 0 unspecified atom stereocenters. The summed E-state index contributed by atoms with van der Waals surface area (Å²) in [5.41, 5.74) is 1.02. The first-order chi connectivity index (χ1) is 7.89. The highest BCUT2D eigenvalue weighted by Crippen LogP contribution is 2.30. The van der Waals surface area contributed by atoms with Crippen molar-refractivity contribution in [2.75, 3.05) is 0 Å². The summed E-state index contributed by atoms with van der Waals surface area (Å²) < 4.78 is 40.2. The van der Waals surface area contributed by atoms with E-state index in [-0.39, 0.29) is 17.9 Å². The molecule has 0 aliphatic carbocycles. The molecule has 1 aromatic heterocycles. The van der Waals surface area contributed by atoms with Crippen LogP contribution in [0.5, 0.6) is 5.75 Å². The van der Waals surface area contributed by atoms with Gasteiger partial charge in [0.2, 0.25) is 0 Å². The second-order valence-electron chi connectivity index (χ2n) is 3.18. The zero-order valence-electron chi connectivity index (χ0n) is 8.81. The second-order valence-corrected chi connectivity index (χ2v) is 3.45. The molecule has 0 aromatic carbocycles. The Balaban J connectivity index is 3.26. The van der Waals surface area contributed by atoms with E-state index in [0.717, 1.165) is 6.20 Å². The number of aryl methyl sites for hydroxylation is 1. The molecule has 0 atom stereocenters. The minimum Gasteiger partial charge on any atom is -0.404 e. The fourth-order valence-electron chi connectivity index (χ4n) is 1.34. The lowest BCUT2D eigenvalue weighted by atomic mass is 10.1. The van der Waals surface area contributed by atoms with Crippen molar-refractivity contribution in [3.05, 3.63) is 23.0 Å². The summed E-state index contributed by atoms with van der Waals surface area (Å²) in [6.45, 7) is 1.61. The summed E-state index contributed by atoms with van der Waals surface area (Å²) >= 11 is 5.63. The van der Waals surface area contributed by atoms with Crippen molar-refractivity contribution in [1.29, 1.82) is 5.26 Å². The molecule has 3 nitrogen and oxygen atoms in total. The first-order valence-corrected chi connectivity index (χ1v) is 5.08. The molecular formula is C10H8ClF3N2O. The van der Waals surface area contributed by atoms with E-state index in [2.05, 4.69) is 9.72 Å². The molecule has 0 fully saturated rings. The number of aromatic nitrogens is 1. The zero-order chi connectivity index (χ0) is 13.1. The molecule has 17 heavy (non-hydrogen) atoms. The number of halogens is 4. The van der Waals surface area contributed by atoms with Gasteiger partial charge in [-0.3, -0.25) is 4.98 Å². The van der Waals surface area contributed by atoms with Crippen LogP contribution in [0.4, 0.5) is 13.2 Å². The van der Waals surface area contributed by atoms with E-state index in [4.69, 9.17) is 16.9 Å². The van der Waals surface area contributed by atoms with E-state index in [1.165, 1.54) is 0 Å². The van der Waals surface area contributed by atoms with Crippen molar-refractivity contribution in [3.63, 3.8) is 0 Å². The molecule has 0 amide bonds. The zero-order valence-corrected chi connectivity index (χ0v) is 9.56. The molecule has 7 heteroatoms. The average molecular weight is 265 g/mol. The van der Waals surface area contributed by atoms with Gasteiger partial charge in [0.05, 0.1) is 18.7 Å². The largest absolute Gasteiger partial charge is 0.573 e. The number of pyridine rings is 1. The van der Waals surface area contributed by atoms with Crippen molar-refractivity contribution in [2.45, 2.75) is 25.6 Å². The molecule has 0 aliphatic heterocycles. The second kappa shape index (κ2) is 5.23. The number of alkyl halides is 4. The molecule has 0 N–H and O–H groups in total. The number of hydrogen-bond acceptors (Lipinski definition) is 3. The first kappa shape index (κ1) is 13.6. The summed E-state index contributed by atoms with van der Waals surface area (Å²) in [4.78, 5) is 3.76. The highest BCUT2D eigenvalue weighted by Gasteiger charge is 2.32. The fraction of sp³-hybridized carbons (Fsp3) is 0.400. The average Bonchev–Trinajstić information content (AvgIpc) is 2.21. The van der Waals surface area contributed by atoms with Gasteiger partial charge in [-0.05, 0) is 12.5 Å². The SMILES string of the molecule is Cc1ncc(OC(F)(F)F)c(CC#N)c1CCl. The lowest BCUT2D eigenvalue weighted by Gasteiger charge is -2.15. The monoisotopic (exact) mass is 264 g/mol. The van der Waals surface area contributed by atoms with Crippen LogP contribution in [0.1, 0.15) is 16.8 Å². The topological polar surface area (TPSA) is 45.9 Å². The number of ether oxygens (including phenoxy) is 1. The molecule has 1 rings (SSSR count). The molecule has 1 aromatic rings. The Kier molecular flexibility index (Phi) is 4.18. The van der Waals surface area contributed by atoms with Crippen molar-refractivity contribution >= 4 is 11.6 Å². The smallest absolute Gasteiger partial charge is 0.404 e. The lowest BCUT2D eigenvalue weighted by molar-refractivity contribution is -0.275. The van der Waals surface area contributed by atoms with Gasteiger partial charge in [0, 0.05) is 17.1 Å². The van der Waals surface area contributed by atoms with Crippen molar-refractivity contribution in [3.8, 4) is 11.8 Å². The molecule has 0 saturated heterocycles. The van der Waals surface area contributed by atoms with E-state index < -0.39 is 12.1 Å². The number of nitriles is 1. The third kappa shape index (κ3) is 3.49. The first-order valence-electron chi connectivity index (χ1n) is 4.55. The van der Waals surface area contributed by atoms with Crippen molar-refractivity contribution in [2.24, 2.45) is 0 Å². The minimum atomic E-state index is -4.81. The van der Waals surface area contributed by atoms with Gasteiger partial charge in [-0.1, -0.05) is 0 Å². The van der Waals surface area contributed by atoms with Crippen molar-refractivity contribution < 1.29 is 17.9 Å². The highest BCUT2D eigenvalue weighted by atomic mass is 35.5. The van der Waals surface area contributed by atoms with Gasteiger partial charge < -0.3 is 4.74 Å². The summed E-state index contributed by atoms with van der Waals surface area (Å²) in [6, 6.07) is 1.78. The third-order valence-electron chi connectivity index (χ3n) is 2.09. The van der Waals surface area contributed by atoms with Crippen LogP contribution < -0.4 is 4.74 Å². The Hall–Kier alpha value is -1.48. The predicted octanol–water partition coefficient (Wildman–Crippen LogP) is 3.09. The standard InChI is InChI=1S/C10H8ClF3N2O/c1-6-8(4-11)7(2-3-15)9(5-16-6)17-10(12,13)14/h5H,2,4H2,1H3. The minimum absolute atomic E-state index is 0.0229. The quantitative estimate of drug-likeness (QED) is 0.788. The van der Waals surface area contributed by atoms with Gasteiger partial charge in [-0.2, -0.15) is 5.26 Å². The normalized spacial score (nSPS) is 11.1. The van der Waals surface area contributed by atoms with Crippen LogP contribution in [0.2, 0.25) is 0 Å². The van der Waals surface area contributed by atoms with Crippen LogP contribution in [-0.2, 0) is 12.3 Å². The Morgan fingerprint density at radius 1 is 1.47 bits per heavy atom. The van der Waals surface area contributed by atoms with Crippen LogP contribution in [-0.4, -0.2) is 11.3 Å². The van der Waals surface area contributed by atoms with Crippen LogP contribution in [0.3, 0.4) is 0 Å². The van der Waals surface area contributed by atoms with Gasteiger partial charge in [-0.25, -0.2) is 0 Å². The summed E-state index contributed by atoms with van der Waals surface area (Å²) in [6.07, 6.45) is -4.08. The molecule has 0 bridgehead atoms. The summed E-state index contributed by atoms with van der Waals surface area (Å²) in [5.74, 6) is -0.495. The van der Waals surface area contributed by atoms with Gasteiger partial charge in [0.1, 0.15) is 0 Å². The molecule has 1 heterocycles. The predicted molar refractivity (Wildman–Crippen MR) is 54.5 cm³/mol. The summed E-state index contributed by atoms with van der Waals surface area (Å²) in [5, 5.41) is 8.60. The van der Waals surface area contributed by atoms with E-state index >= 15 is 0 Å². The van der Waals surface area contributed by atoms with E-state index in [9.17, 15) is 13.2 Å². The maximum atomic E-state index is 12.1. The fourth-order valence-corrected chi connectivity index (χ4v) is 1.70. The number of nitrogens with zero attached hydrogens (tertiary/aromatic N) is 2. The van der Waals surface area contributed by atoms with E-state index in [0.29, 0.717) is 11.3 Å². The Morgan fingerprint density at radius 2 is 2.12 bits per heavy atom. The molecular weight excluding hydrogens is 257 g/mol.